The van der Waals surface area contributed by atoms with E-state index in [4.69, 9.17) is 4.74 Å². The van der Waals surface area contributed by atoms with Crippen LogP contribution in [0.1, 0.15) is 46.2 Å². The minimum Gasteiger partial charge on any atom is -0.373 e. The number of ether oxygens (including phenoxy) is 1. The molecule has 0 saturated carbocycles. The molecule has 1 aliphatic rings. The van der Waals surface area contributed by atoms with E-state index < -0.39 is 0 Å². The Hall–Kier alpha value is -1.65. The van der Waals surface area contributed by atoms with E-state index in [0.717, 1.165) is 49.8 Å². The SMILES string of the molecule is CN=C(NCCCNC(=O)c1cccs1)NCC1CCCOC1c1ccc(C)cc1.I. The smallest absolute Gasteiger partial charge is 0.261 e. The normalized spacial score (nSPS) is 18.7. The molecular formula is C23H33IN4O2S. The van der Waals surface area contributed by atoms with Crippen LogP contribution in [0.25, 0.3) is 0 Å². The summed E-state index contributed by atoms with van der Waals surface area (Å²) in [6.45, 7) is 5.11. The summed E-state index contributed by atoms with van der Waals surface area (Å²) in [5.41, 5.74) is 2.51. The van der Waals surface area contributed by atoms with Gasteiger partial charge in [0.1, 0.15) is 0 Å². The molecule has 1 aliphatic heterocycles. The van der Waals surface area contributed by atoms with Crippen LogP contribution in [0.5, 0.6) is 0 Å². The van der Waals surface area contributed by atoms with Crippen molar-refractivity contribution in [2.45, 2.75) is 32.3 Å². The van der Waals surface area contributed by atoms with E-state index in [2.05, 4.69) is 52.1 Å². The maximum absolute atomic E-state index is 11.9. The van der Waals surface area contributed by atoms with Gasteiger partial charge in [0.2, 0.25) is 0 Å². The summed E-state index contributed by atoms with van der Waals surface area (Å²) < 4.78 is 6.11. The van der Waals surface area contributed by atoms with Crippen LogP contribution in [-0.4, -0.2) is 45.2 Å². The summed E-state index contributed by atoms with van der Waals surface area (Å²) >= 11 is 1.46. The largest absolute Gasteiger partial charge is 0.373 e. The zero-order chi connectivity index (χ0) is 21.2. The van der Waals surface area contributed by atoms with Crippen molar-refractivity contribution in [3.63, 3.8) is 0 Å². The van der Waals surface area contributed by atoms with E-state index in [-0.39, 0.29) is 36.0 Å². The Morgan fingerprint density at radius 1 is 1.16 bits per heavy atom. The molecule has 0 bridgehead atoms. The molecule has 1 saturated heterocycles. The summed E-state index contributed by atoms with van der Waals surface area (Å²) in [5.74, 6) is 1.19. The molecule has 3 N–H and O–H groups in total. The Morgan fingerprint density at radius 3 is 2.65 bits per heavy atom. The second-order valence-electron chi connectivity index (χ2n) is 7.57. The highest BCUT2D eigenvalue weighted by atomic mass is 127. The summed E-state index contributed by atoms with van der Waals surface area (Å²) in [4.78, 5) is 17.0. The highest BCUT2D eigenvalue weighted by molar-refractivity contribution is 14.0. The first-order valence-electron chi connectivity index (χ1n) is 10.6. The number of hydrogen-bond donors (Lipinski definition) is 3. The van der Waals surface area contributed by atoms with Crippen molar-refractivity contribution in [1.82, 2.24) is 16.0 Å². The average Bonchev–Trinajstić information content (AvgIpc) is 3.31. The number of thiophene rings is 1. The average molecular weight is 557 g/mol. The molecule has 1 fully saturated rings. The summed E-state index contributed by atoms with van der Waals surface area (Å²) in [5, 5.41) is 11.6. The standard InChI is InChI=1S/C23H32N4O2S.HI/c1-17-8-10-18(11-9-17)21-19(6-3-14-29-21)16-27-23(24-2)26-13-5-12-25-22(28)20-7-4-15-30-20;/h4,7-11,15,19,21H,3,5-6,12-14,16H2,1-2H3,(H,25,28)(H2,24,26,27);1H. The third-order valence-corrected chi connectivity index (χ3v) is 6.15. The maximum Gasteiger partial charge on any atom is 0.261 e. The van der Waals surface area contributed by atoms with E-state index in [1.54, 1.807) is 7.05 Å². The van der Waals surface area contributed by atoms with Gasteiger partial charge in [-0.3, -0.25) is 9.79 Å². The van der Waals surface area contributed by atoms with E-state index in [9.17, 15) is 4.79 Å². The van der Waals surface area contributed by atoms with Gasteiger partial charge in [-0.15, -0.1) is 35.3 Å². The number of amides is 1. The van der Waals surface area contributed by atoms with Crippen LogP contribution in [-0.2, 0) is 4.74 Å². The molecule has 2 aromatic rings. The fourth-order valence-electron chi connectivity index (χ4n) is 3.62. The molecule has 1 aromatic carbocycles. The van der Waals surface area contributed by atoms with Gasteiger partial charge >= 0.3 is 0 Å². The first-order chi connectivity index (χ1) is 14.7. The van der Waals surface area contributed by atoms with Gasteiger partial charge in [-0.05, 0) is 43.2 Å². The quantitative estimate of drug-likeness (QED) is 0.198. The minimum atomic E-state index is -0.00745. The van der Waals surface area contributed by atoms with Crippen LogP contribution in [0.2, 0.25) is 0 Å². The van der Waals surface area contributed by atoms with Crippen LogP contribution in [0.15, 0.2) is 46.8 Å². The Morgan fingerprint density at radius 2 is 1.94 bits per heavy atom. The van der Waals surface area contributed by atoms with Gasteiger partial charge in [-0.1, -0.05) is 35.9 Å². The highest BCUT2D eigenvalue weighted by Gasteiger charge is 2.27. The van der Waals surface area contributed by atoms with Gasteiger partial charge in [-0.25, -0.2) is 0 Å². The number of nitrogens with one attached hydrogen (secondary N) is 3. The molecule has 170 valence electrons. The highest BCUT2D eigenvalue weighted by Crippen LogP contribution is 2.33. The molecular weight excluding hydrogens is 523 g/mol. The van der Waals surface area contributed by atoms with Crippen LogP contribution < -0.4 is 16.0 Å². The number of hydrogen-bond acceptors (Lipinski definition) is 4. The van der Waals surface area contributed by atoms with Crippen molar-refractivity contribution in [2.24, 2.45) is 10.9 Å². The minimum absolute atomic E-state index is 0. The van der Waals surface area contributed by atoms with Gasteiger partial charge in [0.05, 0.1) is 11.0 Å². The molecule has 2 heterocycles. The molecule has 8 heteroatoms. The lowest BCUT2D eigenvalue weighted by atomic mass is 9.89. The second-order valence-corrected chi connectivity index (χ2v) is 8.52. The van der Waals surface area contributed by atoms with E-state index in [0.29, 0.717) is 12.5 Å². The number of guanidine groups is 1. The van der Waals surface area contributed by atoms with Crippen molar-refractivity contribution < 1.29 is 9.53 Å². The van der Waals surface area contributed by atoms with Crippen molar-refractivity contribution in [1.29, 1.82) is 0 Å². The lowest BCUT2D eigenvalue weighted by Crippen LogP contribution is -2.42. The predicted octanol–water partition coefficient (Wildman–Crippen LogP) is 4.13. The first kappa shape index (κ1) is 25.6. The van der Waals surface area contributed by atoms with Gasteiger partial charge in [0.25, 0.3) is 5.91 Å². The molecule has 1 aromatic heterocycles. The van der Waals surface area contributed by atoms with Crippen LogP contribution in [0.3, 0.4) is 0 Å². The summed E-state index contributed by atoms with van der Waals surface area (Å²) in [6, 6.07) is 12.4. The molecule has 0 radical (unpaired) electrons. The third-order valence-electron chi connectivity index (χ3n) is 5.28. The Kier molecular flexibility index (Phi) is 11.3. The number of aliphatic imine (C=N–C) groups is 1. The van der Waals surface area contributed by atoms with Gasteiger partial charge in [0, 0.05) is 39.2 Å². The van der Waals surface area contributed by atoms with Crippen LogP contribution in [0, 0.1) is 12.8 Å². The summed E-state index contributed by atoms with van der Waals surface area (Å²) in [7, 11) is 1.78. The Bertz CT molecular complexity index is 811. The second kappa shape index (κ2) is 13.7. The van der Waals surface area contributed by atoms with Crippen molar-refractivity contribution in [3.05, 3.63) is 57.8 Å². The fourth-order valence-corrected chi connectivity index (χ4v) is 4.26. The topological polar surface area (TPSA) is 74.8 Å². The van der Waals surface area contributed by atoms with E-state index >= 15 is 0 Å². The monoisotopic (exact) mass is 556 g/mol. The maximum atomic E-state index is 11.9. The molecule has 0 spiro atoms. The fraction of sp³-hybridized carbons (Fsp3) is 0.478. The molecule has 3 rings (SSSR count). The third kappa shape index (κ3) is 8.08. The van der Waals surface area contributed by atoms with Crippen molar-refractivity contribution in [3.8, 4) is 0 Å². The van der Waals surface area contributed by atoms with Crippen LogP contribution >= 0.6 is 35.3 Å². The van der Waals surface area contributed by atoms with Crippen LogP contribution in [0.4, 0.5) is 0 Å². The predicted molar refractivity (Wildman–Crippen MR) is 139 cm³/mol. The first-order valence-corrected chi connectivity index (χ1v) is 11.5. The number of carbonyl (C=O) groups excluding carboxylic acids is 1. The lowest BCUT2D eigenvalue weighted by Gasteiger charge is -2.32. The number of aryl methyl sites for hydroxylation is 1. The Labute approximate surface area is 206 Å². The Balaban J connectivity index is 0.00000341. The van der Waals surface area contributed by atoms with Gasteiger partial charge < -0.3 is 20.7 Å². The molecule has 2 unspecified atom stereocenters. The molecule has 1 amide bonds. The number of rotatable bonds is 8. The van der Waals surface area contributed by atoms with E-state index in [1.807, 2.05) is 17.5 Å². The molecule has 0 aliphatic carbocycles. The zero-order valence-corrected chi connectivity index (χ0v) is 21.4. The van der Waals surface area contributed by atoms with Gasteiger partial charge in [-0.2, -0.15) is 0 Å². The molecule has 6 nitrogen and oxygen atoms in total. The van der Waals surface area contributed by atoms with Crippen molar-refractivity contribution >= 4 is 47.2 Å². The van der Waals surface area contributed by atoms with Crippen molar-refractivity contribution in [2.75, 3.05) is 33.3 Å². The lowest BCUT2D eigenvalue weighted by molar-refractivity contribution is -0.0265. The number of benzene rings is 1. The summed E-state index contributed by atoms with van der Waals surface area (Å²) in [6.07, 6.45) is 3.18. The zero-order valence-electron chi connectivity index (χ0n) is 18.2. The molecule has 2 atom stereocenters. The van der Waals surface area contributed by atoms with Gasteiger partial charge in [0.15, 0.2) is 5.96 Å². The molecule has 31 heavy (non-hydrogen) atoms. The number of halogens is 1. The number of carbonyl (C=O) groups is 1. The number of nitrogens with zero attached hydrogens (tertiary/aromatic N) is 1. The van der Waals surface area contributed by atoms with E-state index in [1.165, 1.54) is 22.5 Å².